The number of rotatable bonds is 4. The smallest absolute Gasteiger partial charge is 0.339 e. The molecule has 7 heteroatoms. The Morgan fingerprint density at radius 1 is 1.38 bits per heavy atom. The Hall–Kier alpha value is -2.54. The van der Waals surface area contributed by atoms with Crippen molar-refractivity contribution in [1.29, 1.82) is 0 Å². The molecule has 1 N–H and O–H groups in total. The van der Waals surface area contributed by atoms with Gasteiger partial charge in [0.1, 0.15) is 5.56 Å². The Morgan fingerprint density at radius 2 is 2.17 bits per heavy atom. The summed E-state index contributed by atoms with van der Waals surface area (Å²) in [6, 6.07) is 3.98. The summed E-state index contributed by atoms with van der Waals surface area (Å²) in [5.74, 6) is -0.301. The maximum absolute atomic E-state index is 11.4. The first kappa shape index (κ1) is 15.0. The highest BCUT2D eigenvalue weighted by Gasteiger charge is 2.33. The third kappa shape index (κ3) is 2.50. The van der Waals surface area contributed by atoms with Gasteiger partial charge in [-0.25, -0.2) is 19.4 Å². The van der Waals surface area contributed by atoms with Crippen LogP contribution in [0.25, 0.3) is 17.2 Å². The summed E-state index contributed by atoms with van der Waals surface area (Å²) < 4.78 is 1.58. The van der Waals surface area contributed by atoms with Crippen molar-refractivity contribution in [1.82, 2.24) is 19.7 Å². The molecule has 1 fully saturated rings. The van der Waals surface area contributed by atoms with Gasteiger partial charge in [-0.1, -0.05) is 0 Å². The summed E-state index contributed by atoms with van der Waals surface area (Å²) in [6.07, 6.45) is 5.05. The lowest BCUT2D eigenvalue weighted by atomic mass is 10.2. The van der Waals surface area contributed by atoms with E-state index in [1.54, 1.807) is 22.2 Å². The van der Waals surface area contributed by atoms with E-state index in [-0.39, 0.29) is 11.5 Å². The molecule has 0 bridgehead atoms. The third-order valence-corrected chi connectivity index (χ3v) is 5.12. The predicted octanol–water partition coefficient (Wildman–Crippen LogP) is 3.58. The molecule has 24 heavy (non-hydrogen) atoms. The van der Waals surface area contributed by atoms with Gasteiger partial charge in [0, 0.05) is 27.4 Å². The van der Waals surface area contributed by atoms with Crippen molar-refractivity contribution in [3.8, 4) is 17.2 Å². The monoisotopic (exact) mass is 340 g/mol. The third-order valence-electron chi connectivity index (χ3n) is 4.15. The molecule has 3 aromatic rings. The molecule has 4 rings (SSSR count). The van der Waals surface area contributed by atoms with E-state index in [0.717, 1.165) is 24.1 Å². The maximum Gasteiger partial charge on any atom is 0.339 e. The highest BCUT2D eigenvalue weighted by Crippen LogP contribution is 2.42. The number of aromatic carboxylic acids is 1. The van der Waals surface area contributed by atoms with E-state index in [1.165, 1.54) is 16.0 Å². The Balaban J connectivity index is 1.82. The number of aromatic nitrogens is 4. The van der Waals surface area contributed by atoms with Gasteiger partial charge < -0.3 is 5.11 Å². The fourth-order valence-corrected chi connectivity index (χ4v) is 3.85. The number of hydrogen-bond acceptors (Lipinski definition) is 5. The normalized spacial score (nSPS) is 14.1. The highest BCUT2D eigenvalue weighted by molar-refractivity contribution is 7.12. The molecular formula is C17H16N4O2S. The molecule has 1 aliphatic carbocycles. The number of carboxylic acids is 1. The summed E-state index contributed by atoms with van der Waals surface area (Å²) in [5.41, 5.74) is 2.86. The molecule has 1 aliphatic rings. The quantitative estimate of drug-likeness (QED) is 0.785. The van der Waals surface area contributed by atoms with Crippen LogP contribution < -0.4 is 0 Å². The molecule has 122 valence electrons. The molecule has 3 heterocycles. The minimum atomic E-state index is -0.955. The lowest BCUT2D eigenvalue weighted by Crippen LogP contribution is -2.09. The Labute approximate surface area is 142 Å². The van der Waals surface area contributed by atoms with Crippen LogP contribution in [0.4, 0.5) is 0 Å². The zero-order chi connectivity index (χ0) is 16.8. The van der Waals surface area contributed by atoms with E-state index < -0.39 is 5.97 Å². The Morgan fingerprint density at radius 3 is 2.79 bits per heavy atom. The number of hydrogen-bond donors (Lipinski definition) is 1. The van der Waals surface area contributed by atoms with Gasteiger partial charge in [-0.2, -0.15) is 5.10 Å². The van der Waals surface area contributed by atoms with Crippen molar-refractivity contribution in [3.63, 3.8) is 0 Å². The Kier molecular flexibility index (Phi) is 3.45. The number of thiophene rings is 1. The molecule has 0 unspecified atom stereocenters. The van der Waals surface area contributed by atoms with E-state index >= 15 is 0 Å². The average Bonchev–Trinajstić information content (AvgIpc) is 3.19. The molecule has 0 saturated heterocycles. The van der Waals surface area contributed by atoms with Crippen LogP contribution in [0.15, 0.2) is 24.5 Å². The van der Waals surface area contributed by atoms with Gasteiger partial charge >= 0.3 is 5.97 Å². The van der Waals surface area contributed by atoms with E-state index in [4.69, 9.17) is 0 Å². The SMILES string of the molecule is Cc1cc(-c2ccnc(-n3ncc(C(=O)O)c3C3CC3)n2)c(C)s1. The lowest BCUT2D eigenvalue weighted by molar-refractivity contribution is 0.0695. The molecule has 0 amide bonds. The fourth-order valence-electron chi connectivity index (χ4n) is 2.92. The van der Waals surface area contributed by atoms with Crippen LogP contribution in [0, 0.1) is 13.8 Å². The van der Waals surface area contributed by atoms with Crippen LogP contribution in [0.1, 0.15) is 44.6 Å². The first-order chi connectivity index (χ1) is 11.5. The molecule has 0 spiro atoms. The van der Waals surface area contributed by atoms with Crippen molar-refractivity contribution in [2.45, 2.75) is 32.6 Å². The second-order valence-electron chi connectivity index (χ2n) is 6.00. The zero-order valence-corrected chi connectivity index (χ0v) is 14.2. The molecule has 0 radical (unpaired) electrons. The molecule has 6 nitrogen and oxygen atoms in total. The van der Waals surface area contributed by atoms with Crippen LogP contribution in [0.5, 0.6) is 0 Å². The van der Waals surface area contributed by atoms with Gasteiger partial charge in [0.2, 0.25) is 0 Å². The fraction of sp³-hybridized carbons (Fsp3) is 0.294. The van der Waals surface area contributed by atoms with Crippen LogP contribution >= 0.6 is 11.3 Å². The minimum absolute atomic E-state index is 0.232. The summed E-state index contributed by atoms with van der Waals surface area (Å²) in [7, 11) is 0. The van der Waals surface area contributed by atoms with E-state index in [2.05, 4.69) is 35.0 Å². The molecule has 3 aromatic heterocycles. The first-order valence-electron chi connectivity index (χ1n) is 7.76. The molecular weight excluding hydrogens is 324 g/mol. The van der Waals surface area contributed by atoms with Crippen molar-refractivity contribution >= 4 is 17.3 Å². The highest BCUT2D eigenvalue weighted by atomic mass is 32.1. The molecule has 0 aromatic carbocycles. The van der Waals surface area contributed by atoms with Crippen LogP contribution in [-0.2, 0) is 0 Å². The zero-order valence-electron chi connectivity index (χ0n) is 13.4. The Bertz CT molecular complexity index is 940. The topological polar surface area (TPSA) is 80.9 Å². The lowest BCUT2D eigenvalue weighted by Gasteiger charge is -2.07. The summed E-state index contributed by atoms with van der Waals surface area (Å²) in [4.78, 5) is 22.8. The summed E-state index contributed by atoms with van der Waals surface area (Å²) >= 11 is 1.73. The van der Waals surface area contributed by atoms with E-state index in [1.807, 2.05) is 6.07 Å². The largest absolute Gasteiger partial charge is 0.478 e. The number of aryl methyl sites for hydroxylation is 2. The van der Waals surface area contributed by atoms with Crippen molar-refractivity contribution in [2.75, 3.05) is 0 Å². The second kappa shape index (κ2) is 5.52. The number of carbonyl (C=O) groups is 1. The van der Waals surface area contributed by atoms with E-state index in [9.17, 15) is 9.90 Å². The van der Waals surface area contributed by atoms with Crippen LogP contribution in [0.2, 0.25) is 0 Å². The molecule has 0 aliphatic heterocycles. The van der Waals surface area contributed by atoms with Crippen LogP contribution in [0.3, 0.4) is 0 Å². The second-order valence-corrected chi connectivity index (χ2v) is 7.46. The predicted molar refractivity (Wildman–Crippen MR) is 90.9 cm³/mol. The van der Waals surface area contributed by atoms with Gasteiger partial charge in [0.25, 0.3) is 5.95 Å². The molecule has 1 saturated carbocycles. The van der Waals surface area contributed by atoms with Crippen LogP contribution in [-0.4, -0.2) is 30.8 Å². The van der Waals surface area contributed by atoms with E-state index in [0.29, 0.717) is 11.6 Å². The summed E-state index contributed by atoms with van der Waals surface area (Å²) in [5, 5.41) is 13.6. The van der Waals surface area contributed by atoms with Crippen molar-refractivity contribution < 1.29 is 9.90 Å². The average molecular weight is 340 g/mol. The van der Waals surface area contributed by atoms with Gasteiger partial charge in [-0.15, -0.1) is 11.3 Å². The van der Waals surface area contributed by atoms with Gasteiger partial charge in [-0.05, 0) is 38.8 Å². The maximum atomic E-state index is 11.4. The van der Waals surface area contributed by atoms with Crippen molar-refractivity contribution in [2.24, 2.45) is 0 Å². The van der Waals surface area contributed by atoms with Gasteiger partial charge in [0.05, 0.1) is 17.6 Å². The molecule has 0 atom stereocenters. The standard InChI is InChI=1S/C17H16N4O2S/c1-9-7-12(10(2)24-9)14-5-6-18-17(20-14)21-15(11-3-4-11)13(8-19-21)16(22)23/h5-8,11H,3-4H2,1-2H3,(H,22,23). The summed E-state index contributed by atoms with van der Waals surface area (Å²) in [6.45, 7) is 4.14. The van der Waals surface area contributed by atoms with Gasteiger partial charge in [-0.3, -0.25) is 0 Å². The number of nitrogens with zero attached hydrogens (tertiary/aromatic N) is 4. The van der Waals surface area contributed by atoms with Crippen molar-refractivity contribution in [3.05, 3.63) is 45.5 Å². The van der Waals surface area contributed by atoms with Gasteiger partial charge in [0.15, 0.2) is 0 Å². The number of carboxylic acid groups (broad SMARTS) is 1. The minimum Gasteiger partial charge on any atom is -0.478 e. The first-order valence-corrected chi connectivity index (χ1v) is 8.58.